The summed E-state index contributed by atoms with van der Waals surface area (Å²) >= 11 is 0. The monoisotopic (exact) mass is 349 g/mol. The summed E-state index contributed by atoms with van der Waals surface area (Å²) in [6, 6.07) is 2.59. The first-order valence-electron chi connectivity index (χ1n) is 7.58. The molecule has 0 radical (unpaired) electrons. The molecule has 0 aromatic carbocycles. The van der Waals surface area contributed by atoms with E-state index in [1.807, 2.05) is 0 Å². The first-order chi connectivity index (χ1) is 11.2. The lowest BCUT2D eigenvalue weighted by Gasteiger charge is -2.31. The smallest absolute Gasteiger partial charge is 0.340 e. The molecule has 0 aliphatic heterocycles. The number of nitrogens with one attached hydrogen (secondary N) is 1. The third-order valence-corrected chi connectivity index (χ3v) is 3.92. The predicted molar refractivity (Wildman–Crippen MR) is 79.3 cm³/mol. The van der Waals surface area contributed by atoms with Gasteiger partial charge in [-0.15, -0.1) is 0 Å². The molecule has 1 aromatic rings. The topological polar surface area (TPSA) is 77.2 Å². The summed E-state index contributed by atoms with van der Waals surface area (Å²) in [7, 11) is 0. The highest BCUT2D eigenvalue weighted by Gasteiger charge is 2.41. The Morgan fingerprint density at radius 3 is 2.54 bits per heavy atom. The Balaban J connectivity index is 1.91. The van der Waals surface area contributed by atoms with E-state index in [2.05, 4.69) is 15.0 Å². The molecule has 5 nitrogen and oxygen atoms in total. The van der Waals surface area contributed by atoms with Crippen molar-refractivity contribution in [2.45, 2.75) is 50.0 Å². The third-order valence-electron chi connectivity index (χ3n) is 3.92. The van der Waals surface area contributed by atoms with E-state index in [1.54, 1.807) is 0 Å². The normalized spacial score (nSPS) is 17.6. The molecule has 0 saturated heterocycles. The van der Waals surface area contributed by atoms with Gasteiger partial charge in [0.25, 0.3) is 0 Å². The van der Waals surface area contributed by atoms with Gasteiger partial charge in [0.15, 0.2) is 6.61 Å². The number of nitrogens with zero attached hydrogens (tertiary/aromatic N) is 1. The van der Waals surface area contributed by atoms with Gasteiger partial charge in [-0.1, -0.05) is 19.3 Å². The van der Waals surface area contributed by atoms with Gasteiger partial charge in [-0.3, -0.25) is 4.79 Å². The maximum atomic E-state index is 12.8. The summed E-state index contributed by atoms with van der Waals surface area (Å²) in [5.41, 5.74) is 5.49. The molecule has 1 aliphatic carbocycles. The number of carbonyl (C=O) groups is 1. The minimum Gasteiger partial charge on any atom is -0.471 e. The highest BCUT2D eigenvalue weighted by molar-refractivity contribution is 5.97. The van der Waals surface area contributed by atoms with Crippen LogP contribution in [0.3, 0.4) is 0 Å². The van der Waals surface area contributed by atoms with Crippen LogP contribution in [0.15, 0.2) is 18.3 Å². The molecule has 2 rings (SSSR count). The Bertz CT molecular complexity index is 560. The molecule has 24 heavy (non-hydrogen) atoms. The number of halogens is 4. The number of anilines is 1. The number of alkyl halides is 4. The van der Waals surface area contributed by atoms with Crippen LogP contribution in [-0.2, 0) is 4.79 Å². The van der Waals surface area contributed by atoms with Crippen molar-refractivity contribution >= 4 is 11.6 Å². The molecule has 1 aliphatic rings. The van der Waals surface area contributed by atoms with Crippen LogP contribution in [0.4, 0.5) is 23.2 Å². The number of amides is 1. The number of nitrogens with two attached hydrogens (primary N) is 1. The Morgan fingerprint density at radius 2 is 2.00 bits per heavy atom. The van der Waals surface area contributed by atoms with Crippen LogP contribution >= 0.6 is 0 Å². The molecule has 1 saturated carbocycles. The average molecular weight is 349 g/mol. The Labute approximate surface area is 136 Å². The molecular weight excluding hydrogens is 330 g/mol. The lowest BCUT2D eigenvalue weighted by molar-refractivity contribution is -0.148. The maximum absolute atomic E-state index is 12.8. The van der Waals surface area contributed by atoms with Crippen LogP contribution in [-0.4, -0.2) is 35.4 Å². The Morgan fingerprint density at radius 1 is 1.33 bits per heavy atom. The van der Waals surface area contributed by atoms with Crippen molar-refractivity contribution in [3.63, 3.8) is 0 Å². The third kappa shape index (κ3) is 4.56. The number of rotatable bonds is 6. The fourth-order valence-electron chi connectivity index (χ4n) is 2.44. The van der Waals surface area contributed by atoms with Gasteiger partial charge < -0.3 is 15.8 Å². The van der Waals surface area contributed by atoms with Gasteiger partial charge in [0, 0.05) is 6.07 Å². The standard InChI is InChI=1S/C15H19F4N3O2/c16-12(17)15(18,19)9-24-11-5-4-10(8-21-11)22-13(23)14(20)6-2-1-3-7-14/h4-5,8,12H,1-3,6-7,9,20H2,(H,22,23). The largest absolute Gasteiger partial charge is 0.471 e. The maximum Gasteiger partial charge on any atom is 0.340 e. The zero-order valence-electron chi connectivity index (χ0n) is 12.9. The van der Waals surface area contributed by atoms with E-state index in [0.29, 0.717) is 18.5 Å². The minimum atomic E-state index is -4.25. The van der Waals surface area contributed by atoms with Crippen LogP contribution in [0.25, 0.3) is 0 Å². The highest BCUT2D eigenvalue weighted by Crippen LogP contribution is 2.27. The number of hydrogen-bond donors (Lipinski definition) is 2. The van der Waals surface area contributed by atoms with E-state index in [9.17, 15) is 22.4 Å². The summed E-state index contributed by atoms with van der Waals surface area (Å²) < 4.78 is 54.1. The molecule has 9 heteroatoms. The van der Waals surface area contributed by atoms with Crippen molar-refractivity contribution in [1.29, 1.82) is 0 Å². The second-order valence-corrected chi connectivity index (χ2v) is 5.91. The van der Waals surface area contributed by atoms with Gasteiger partial charge in [-0.25, -0.2) is 13.8 Å². The van der Waals surface area contributed by atoms with Crippen molar-refractivity contribution in [2.75, 3.05) is 11.9 Å². The van der Waals surface area contributed by atoms with Crippen molar-refractivity contribution in [1.82, 2.24) is 4.98 Å². The molecule has 0 spiro atoms. The fourth-order valence-corrected chi connectivity index (χ4v) is 2.44. The van der Waals surface area contributed by atoms with Gasteiger partial charge in [-0.05, 0) is 18.9 Å². The van der Waals surface area contributed by atoms with E-state index in [-0.39, 0.29) is 11.8 Å². The summed E-state index contributed by atoms with van der Waals surface area (Å²) in [6.07, 6.45) is 1.38. The number of aromatic nitrogens is 1. The number of ether oxygens (including phenoxy) is 1. The number of hydrogen-bond acceptors (Lipinski definition) is 4. The van der Waals surface area contributed by atoms with E-state index >= 15 is 0 Å². The first-order valence-corrected chi connectivity index (χ1v) is 7.58. The zero-order chi connectivity index (χ0) is 17.8. The average Bonchev–Trinajstić information content (AvgIpc) is 2.55. The molecule has 1 aromatic heterocycles. The Kier molecular flexibility index (Phi) is 5.63. The van der Waals surface area contributed by atoms with E-state index in [1.165, 1.54) is 18.3 Å². The molecule has 0 bridgehead atoms. The van der Waals surface area contributed by atoms with Crippen molar-refractivity contribution in [2.24, 2.45) is 5.73 Å². The second kappa shape index (κ2) is 7.33. The summed E-state index contributed by atoms with van der Waals surface area (Å²) in [4.78, 5) is 15.9. The van der Waals surface area contributed by atoms with Gasteiger partial charge >= 0.3 is 12.3 Å². The van der Waals surface area contributed by atoms with Gasteiger partial charge in [0.05, 0.1) is 17.4 Å². The SMILES string of the molecule is NC1(C(=O)Nc2ccc(OCC(F)(F)C(F)F)nc2)CCCCC1. The summed E-state index contributed by atoms with van der Waals surface area (Å²) in [6.45, 7) is -1.48. The number of carbonyl (C=O) groups excluding carboxylic acids is 1. The van der Waals surface area contributed by atoms with Crippen molar-refractivity contribution in [3.05, 3.63) is 18.3 Å². The Hall–Kier alpha value is -1.90. The molecule has 0 atom stereocenters. The summed E-state index contributed by atoms with van der Waals surface area (Å²) in [5.74, 6) is -4.82. The predicted octanol–water partition coefficient (Wildman–Crippen LogP) is 2.96. The molecule has 0 unspecified atom stereocenters. The van der Waals surface area contributed by atoms with E-state index in [0.717, 1.165) is 19.3 Å². The molecular formula is C15H19F4N3O2. The van der Waals surface area contributed by atoms with Crippen LogP contribution in [0.2, 0.25) is 0 Å². The first kappa shape index (κ1) is 18.4. The van der Waals surface area contributed by atoms with Gasteiger partial charge in [0.2, 0.25) is 11.8 Å². The van der Waals surface area contributed by atoms with Crippen LogP contribution in [0.1, 0.15) is 32.1 Å². The highest BCUT2D eigenvalue weighted by atomic mass is 19.3. The van der Waals surface area contributed by atoms with Crippen LogP contribution in [0.5, 0.6) is 5.88 Å². The molecule has 134 valence electrons. The van der Waals surface area contributed by atoms with Gasteiger partial charge in [0.1, 0.15) is 0 Å². The van der Waals surface area contributed by atoms with Crippen LogP contribution < -0.4 is 15.8 Å². The van der Waals surface area contributed by atoms with E-state index in [4.69, 9.17) is 5.73 Å². The van der Waals surface area contributed by atoms with Crippen molar-refractivity contribution in [3.8, 4) is 5.88 Å². The lowest BCUT2D eigenvalue weighted by atomic mass is 9.82. The number of pyridine rings is 1. The quantitative estimate of drug-likeness (QED) is 0.774. The molecule has 3 N–H and O–H groups in total. The zero-order valence-corrected chi connectivity index (χ0v) is 12.9. The van der Waals surface area contributed by atoms with E-state index < -0.39 is 24.5 Å². The summed E-state index contributed by atoms with van der Waals surface area (Å²) in [5, 5.41) is 2.62. The second-order valence-electron chi connectivity index (χ2n) is 5.91. The van der Waals surface area contributed by atoms with Crippen molar-refractivity contribution < 1.29 is 27.1 Å². The molecule has 1 fully saturated rings. The minimum absolute atomic E-state index is 0.242. The van der Waals surface area contributed by atoms with Crippen LogP contribution in [0, 0.1) is 0 Å². The van der Waals surface area contributed by atoms with Gasteiger partial charge in [-0.2, -0.15) is 8.78 Å². The molecule has 1 amide bonds. The molecule has 1 heterocycles. The lowest BCUT2D eigenvalue weighted by Crippen LogP contribution is -2.52. The fraction of sp³-hybridized carbons (Fsp3) is 0.600.